The highest BCUT2D eigenvalue weighted by Gasteiger charge is 2.38. The molecule has 0 spiro atoms. The van der Waals surface area contributed by atoms with Gasteiger partial charge in [0.2, 0.25) is 11.9 Å². The molecule has 3 aliphatic rings. The Morgan fingerprint density at radius 2 is 2.08 bits per heavy atom. The van der Waals surface area contributed by atoms with Crippen molar-refractivity contribution in [1.29, 1.82) is 0 Å². The van der Waals surface area contributed by atoms with Gasteiger partial charge in [-0.3, -0.25) is 4.79 Å². The molecule has 0 radical (unpaired) electrons. The van der Waals surface area contributed by atoms with E-state index in [0.29, 0.717) is 18.0 Å². The van der Waals surface area contributed by atoms with Crippen molar-refractivity contribution in [3.05, 3.63) is 58.3 Å². The second kappa shape index (κ2) is 5.98. The summed E-state index contributed by atoms with van der Waals surface area (Å²) in [4.78, 5) is 15.9. The number of carbonyl (C=O) groups is 1. The highest BCUT2D eigenvalue weighted by atomic mass is 19.1. The summed E-state index contributed by atoms with van der Waals surface area (Å²) in [5, 5.41) is 6.01. The fraction of sp³-hybridized carbons (Fsp3) is 0.368. The number of halogens is 1. The SMILES string of the molecule is CNCc1ccc(C2CC3=C4C(=CC(=O)NCC4C2)C(F)=N3)cc1. The van der Waals surface area contributed by atoms with E-state index in [4.69, 9.17) is 0 Å². The highest BCUT2D eigenvalue weighted by molar-refractivity contribution is 6.07. The maximum atomic E-state index is 14.2. The number of nitrogens with zero attached hydrogens (tertiary/aromatic N) is 1. The first-order valence-corrected chi connectivity index (χ1v) is 8.36. The van der Waals surface area contributed by atoms with E-state index in [2.05, 4.69) is 39.9 Å². The molecule has 1 aromatic rings. The van der Waals surface area contributed by atoms with Gasteiger partial charge in [0.1, 0.15) is 0 Å². The summed E-state index contributed by atoms with van der Waals surface area (Å²) < 4.78 is 14.2. The Morgan fingerprint density at radius 3 is 2.83 bits per heavy atom. The third kappa shape index (κ3) is 2.59. The molecular formula is C19H20FN3O. The summed E-state index contributed by atoms with van der Waals surface area (Å²) in [5.74, 6) is -0.299. The maximum absolute atomic E-state index is 14.2. The lowest BCUT2D eigenvalue weighted by Gasteiger charge is -2.30. The minimum Gasteiger partial charge on any atom is -0.352 e. The smallest absolute Gasteiger partial charge is 0.244 e. The molecule has 0 saturated heterocycles. The Labute approximate surface area is 140 Å². The van der Waals surface area contributed by atoms with Crippen molar-refractivity contribution in [3.8, 4) is 0 Å². The molecule has 2 heterocycles. The van der Waals surface area contributed by atoms with Gasteiger partial charge in [-0.15, -0.1) is 0 Å². The minimum atomic E-state index is -0.507. The zero-order valence-electron chi connectivity index (χ0n) is 13.6. The van der Waals surface area contributed by atoms with Crippen LogP contribution in [0.5, 0.6) is 0 Å². The number of benzene rings is 1. The van der Waals surface area contributed by atoms with E-state index >= 15 is 0 Å². The molecule has 0 fully saturated rings. The standard InChI is InChI=1S/C19H20FN3O/c1-21-9-11-2-4-12(5-3-11)13-6-14-10-22-17(24)8-15-18(14)16(7-13)23-19(15)20/h2-5,8,13-14,21H,6-7,9-10H2,1H3,(H,22,24). The number of allylic oxidation sites excluding steroid dienone is 2. The van der Waals surface area contributed by atoms with E-state index in [0.717, 1.165) is 30.7 Å². The van der Waals surface area contributed by atoms with Crippen molar-refractivity contribution in [2.24, 2.45) is 10.9 Å². The largest absolute Gasteiger partial charge is 0.352 e. The van der Waals surface area contributed by atoms with Gasteiger partial charge in [-0.2, -0.15) is 4.39 Å². The maximum Gasteiger partial charge on any atom is 0.244 e. The average molecular weight is 325 g/mol. The summed E-state index contributed by atoms with van der Waals surface area (Å²) in [6, 6.07) is 8.58. The Bertz CT molecular complexity index is 776. The molecular weight excluding hydrogens is 305 g/mol. The van der Waals surface area contributed by atoms with Crippen LogP contribution in [0.4, 0.5) is 4.39 Å². The molecule has 24 heavy (non-hydrogen) atoms. The van der Waals surface area contributed by atoms with Crippen LogP contribution in [0.15, 0.2) is 52.2 Å². The van der Waals surface area contributed by atoms with Gasteiger partial charge in [0, 0.05) is 36.4 Å². The van der Waals surface area contributed by atoms with Crippen LogP contribution in [0, 0.1) is 5.92 Å². The van der Waals surface area contributed by atoms with Crippen LogP contribution in [0.3, 0.4) is 0 Å². The van der Waals surface area contributed by atoms with Crippen LogP contribution in [-0.4, -0.2) is 25.5 Å². The second-order valence-corrected chi connectivity index (χ2v) is 6.67. The van der Waals surface area contributed by atoms with Gasteiger partial charge in [-0.1, -0.05) is 24.3 Å². The van der Waals surface area contributed by atoms with E-state index in [1.165, 1.54) is 17.2 Å². The van der Waals surface area contributed by atoms with E-state index in [1.54, 1.807) is 0 Å². The molecule has 124 valence electrons. The van der Waals surface area contributed by atoms with Crippen molar-refractivity contribution in [1.82, 2.24) is 10.6 Å². The second-order valence-electron chi connectivity index (χ2n) is 6.67. The van der Waals surface area contributed by atoms with Gasteiger partial charge < -0.3 is 10.6 Å². The van der Waals surface area contributed by atoms with Crippen LogP contribution in [0.25, 0.3) is 0 Å². The van der Waals surface area contributed by atoms with E-state index in [9.17, 15) is 9.18 Å². The summed E-state index contributed by atoms with van der Waals surface area (Å²) in [5.41, 5.74) is 4.65. The van der Waals surface area contributed by atoms with Crippen LogP contribution in [-0.2, 0) is 11.3 Å². The summed E-state index contributed by atoms with van der Waals surface area (Å²) in [7, 11) is 1.93. The Kier molecular flexibility index (Phi) is 3.81. The van der Waals surface area contributed by atoms with E-state index in [1.807, 2.05) is 7.05 Å². The molecule has 1 aliphatic carbocycles. The predicted octanol–water partition coefficient (Wildman–Crippen LogP) is 2.59. The molecule has 1 aromatic carbocycles. The molecule has 1 amide bonds. The third-order valence-electron chi connectivity index (χ3n) is 5.10. The van der Waals surface area contributed by atoms with Crippen molar-refractivity contribution in [2.45, 2.75) is 25.3 Å². The fourth-order valence-corrected chi connectivity index (χ4v) is 3.99. The quantitative estimate of drug-likeness (QED) is 0.897. The number of nitrogens with one attached hydrogen (secondary N) is 2. The Balaban J connectivity index is 1.64. The number of aliphatic imine (C=N–C) groups is 1. The number of rotatable bonds is 3. The molecule has 0 aromatic heterocycles. The molecule has 2 unspecified atom stereocenters. The first kappa shape index (κ1) is 15.3. The van der Waals surface area contributed by atoms with Crippen LogP contribution >= 0.6 is 0 Å². The zero-order valence-corrected chi connectivity index (χ0v) is 13.6. The summed E-state index contributed by atoms with van der Waals surface area (Å²) in [6.07, 6.45) is 2.99. The summed E-state index contributed by atoms with van der Waals surface area (Å²) in [6.45, 7) is 1.40. The molecule has 2 atom stereocenters. The molecule has 0 saturated carbocycles. The Morgan fingerprint density at radius 1 is 1.29 bits per heavy atom. The zero-order chi connectivity index (χ0) is 16.7. The van der Waals surface area contributed by atoms with Crippen LogP contribution in [0.2, 0.25) is 0 Å². The van der Waals surface area contributed by atoms with Gasteiger partial charge in [0.25, 0.3) is 0 Å². The first-order chi connectivity index (χ1) is 11.7. The lowest BCUT2D eigenvalue weighted by atomic mass is 9.75. The van der Waals surface area contributed by atoms with E-state index in [-0.39, 0.29) is 11.8 Å². The van der Waals surface area contributed by atoms with Crippen LogP contribution in [0.1, 0.15) is 29.9 Å². The monoisotopic (exact) mass is 325 g/mol. The number of hydrogen-bond acceptors (Lipinski definition) is 3. The van der Waals surface area contributed by atoms with Crippen LogP contribution < -0.4 is 10.6 Å². The molecule has 2 aliphatic heterocycles. The lowest BCUT2D eigenvalue weighted by Crippen LogP contribution is -2.29. The van der Waals surface area contributed by atoms with Crippen molar-refractivity contribution in [2.75, 3.05) is 13.6 Å². The minimum absolute atomic E-state index is 0.130. The van der Waals surface area contributed by atoms with E-state index < -0.39 is 5.97 Å². The van der Waals surface area contributed by atoms with Crippen molar-refractivity contribution in [3.63, 3.8) is 0 Å². The lowest BCUT2D eigenvalue weighted by molar-refractivity contribution is -0.116. The number of amides is 1. The van der Waals surface area contributed by atoms with Gasteiger partial charge in [-0.25, -0.2) is 4.99 Å². The normalized spacial score (nSPS) is 25.7. The molecule has 0 bridgehead atoms. The molecule has 5 heteroatoms. The third-order valence-corrected chi connectivity index (χ3v) is 5.10. The highest BCUT2D eigenvalue weighted by Crippen LogP contribution is 2.46. The Hall–Kier alpha value is -2.27. The van der Waals surface area contributed by atoms with Crippen molar-refractivity contribution < 1.29 is 9.18 Å². The molecule has 4 rings (SSSR count). The number of hydrogen-bond donors (Lipinski definition) is 2. The topological polar surface area (TPSA) is 53.5 Å². The fourth-order valence-electron chi connectivity index (χ4n) is 3.99. The summed E-state index contributed by atoms with van der Waals surface area (Å²) >= 11 is 0. The number of carbonyl (C=O) groups excluding carboxylic acids is 1. The molecule has 2 N–H and O–H groups in total. The van der Waals surface area contributed by atoms with Gasteiger partial charge in [0.05, 0.1) is 0 Å². The van der Waals surface area contributed by atoms with Crippen molar-refractivity contribution >= 4 is 11.9 Å². The average Bonchev–Trinajstić information content (AvgIpc) is 2.78. The molecule has 4 nitrogen and oxygen atoms in total. The van der Waals surface area contributed by atoms with Gasteiger partial charge in [-0.05, 0) is 42.5 Å². The first-order valence-electron chi connectivity index (χ1n) is 8.36. The predicted molar refractivity (Wildman–Crippen MR) is 91.3 cm³/mol. The van der Waals surface area contributed by atoms with Gasteiger partial charge >= 0.3 is 0 Å². The van der Waals surface area contributed by atoms with Gasteiger partial charge in [0.15, 0.2) is 0 Å².